The minimum atomic E-state index is 0. The van der Waals surface area contributed by atoms with Crippen molar-refractivity contribution in [3.63, 3.8) is 0 Å². The summed E-state index contributed by atoms with van der Waals surface area (Å²) in [6.07, 6.45) is 4.43. The molecule has 0 amide bonds. The molecule has 0 unspecified atom stereocenters. The third kappa shape index (κ3) is 5.77. The van der Waals surface area contributed by atoms with Gasteiger partial charge in [-0.1, -0.05) is 12.1 Å². The first-order valence-corrected chi connectivity index (χ1v) is 8.25. The van der Waals surface area contributed by atoms with E-state index in [0.29, 0.717) is 0 Å². The van der Waals surface area contributed by atoms with Gasteiger partial charge in [-0.2, -0.15) is 0 Å². The number of guanidine groups is 1. The van der Waals surface area contributed by atoms with E-state index in [1.54, 1.807) is 13.3 Å². The van der Waals surface area contributed by atoms with Crippen molar-refractivity contribution in [2.75, 3.05) is 20.1 Å². The van der Waals surface area contributed by atoms with Crippen molar-refractivity contribution in [1.29, 1.82) is 0 Å². The van der Waals surface area contributed by atoms with Crippen LogP contribution in [-0.2, 0) is 12.8 Å². The number of fused-ring (bicyclic) bond motifs is 1. The van der Waals surface area contributed by atoms with Crippen LogP contribution in [0.15, 0.2) is 52.1 Å². The summed E-state index contributed by atoms with van der Waals surface area (Å²) >= 11 is 0. The molecule has 0 saturated heterocycles. The van der Waals surface area contributed by atoms with Crippen LogP contribution < -0.4 is 10.6 Å². The normalized spacial score (nSPS) is 11.3. The zero-order chi connectivity index (χ0) is 16.6. The van der Waals surface area contributed by atoms with Gasteiger partial charge in [-0.25, -0.2) is 4.98 Å². The van der Waals surface area contributed by atoms with Gasteiger partial charge >= 0.3 is 0 Å². The maximum Gasteiger partial charge on any atom is 0.190 e. The van der Waals surface area contributed by atoms with E-state index in [4.69, 9.17) is 4.42 Å². The number of H-pyrrole nitrogens is 1. The first kappa shape index (κ1) is 19.3. The highest BCUT2D eigenvalue weighted by molar-refractivity contribution is 14.0. The fraction of sp³-hybridized carbons (Fsp3) is 0.333. The average molecular weight is 453 g/mol. The second-order valence-corrected chi connectivity index (χ2v) is 5.56. The molecule has 0 bridgehead atoms. The zero-order valence-electron chi connectivity index (χ0n) is 14.3. The summed E-state index contributed by atoms with van der Waals surface area (Å²) in [5, 5.41) is 6.60. The van der Waals surface area contributed by atoms with Gasteiger partial charge in [-0.05, 0) is 30.7 Å². The average Bonchev–Trinajstić information content (AvgIpc) is 3.25. The van der Waals surface area contributed by atoms with E-state index in [2.05, 4.69) is 31.7 Å². The Hall–Kier alpha value is -2.03. The fourth-order valence-corrected chi connectivity index (χ4v) is 2.57. The van der Waals surface area contributed by atoms with E-state index in [-0.39, 0.29) is 24.0 Å². The van der Waals surface area contributed by atoms with E-state index < -0.39 is 0 Å². The Bertz CT molecular complexity index is 749. The Morgan fingerprint density at radius 1 is 1.12 bits per heavy atom. The molecule has 0 fully saturated rings. The maximum atomic E-state index is 5.31. The molecule has 0 spiro atoms. The highest BCUT2D eigenvalue weighted by Gasteiger charge is 2.03. The molecule has 25 heavy (non-hydrogen) atoms. The van der Waals surface area contributed by atoms with Gasteiger partial charge < -0.3 is 20.0 Å². The van der Waals surface area contributed by atoms with Crippen LogP contribution in [0.3, 0.4) is 0 Å². The summed E-state index contributed by atoms with van der Waals surface area (Å²) < 4.78 is 5.31. The molecule has 3 rings (SSSR count). The van der Waals surface area contributed by atoms with Gasteiger partial charge in [-0.3, -0.25) is 4.99 Å². The van der Waals surface area contributed by atoms with Crippen LogP contribution in [0.4, 0.5) is 0 Å². The standard InChI is InChI=1S/C18H23N5O.HI/c1-19-18(21-12-10-14-6-5-13-24-14)20-11-4-9-17-22-15-7-2-3-8-16(15)23-17;/h2-3,5-8,13H,4,9-12H2,1H3,(H,22,23)(H2,19,20,21);1H. The second kappa shape index (κ2) is 10.1. The molecule has 3 aromatic rings. The van der Waals surface area contributed by atoms with Crippen molar-refractivity contribution < 1.29 is 4.42 Å². The van der Waals surface area contributed by atoms with Crippen LogP contribution in [0.1, 0.15) is 18.0 Å². The Labute approximate surface area is 164 Å². The highest BCUT2D eigenvalue weighted by atomic mass is 127. The quantitative estimate of drug-likeness (QED) is 0.222. The molecule has 2 heterocycles. The molecule has 6 nitrogen and oxygen atoms in total. The highest BCUT2D eigenvalue weighted by Crippen LogP contribution is 2.11. The lowest BCUT2D eigenvalue weighted by atomic mass is 10.3. The molecule has 0 radical (unpaired) electrons. The van der Waals surface area contributed by atoms with Crippen LogP contribution >= 0.6 is 24.0 Å². The van der Waals surface area contributed by atoms with Crippen LogP contribution in [-0.4, -0.2) is 36.1 Å². The fourth-order valence-electron chi connectivity index (χ4n) is 2.57. The van der Waals surface area contributed by atoms with E-state index >= 15 is 0 Å². The van der Waals surface area contributed by atoms with E-state index in [9.17, 15) is 0 Å². The SMILES string of the molecule is CN=C(NCCCc1nc2ccccc2[nH]1)NCCc1ccco1.I. The monoisotopic (exact) mass is 453 g/mol. The van der Waals surface area contributed by atoms with Crippen molar-refractivity contribution in [1.82, 2.24) is 20.6 Å². The zero-order valence-corrected chi connectivity index (χ0v) is 16.6. The number of para-hydroxylation sites is 2. The maximum absolute atomic E-state index is 5.31. The number of aryl methyl sites for hydroxylation is 1. The van der Waals surface area contributed by atoms with Gasteiger partial charge in [-0.15, -0.1) is 24.0 Å². The van der Waals surface area contributed by atoms with Crippen LogP contribution in [0, 0.1) is 0 Å². The molecular weight excluding hydrogens is 429 g/mol. The number of aromatic amines is 1. The number of benzene rings is 1. The molecule has 134 valence electrons. The van der Waals surface area contributed by atoms with E-state index in [1.807, 2.05) is 30.3 Å². The smallest absolute Gasteiger partial charge is 0.190 e. The molecule has 0 aliphatic carbocycles. The number of furan rings is 1. The molecule has 1 aromatic carbocycles. The summed E-state index contributed by atoms with van der Waals surface area (Å²) in [6.45, 7) is 1.63. The van der Waals surface area contributed by atoms with Crippen molar-refractivity contribution >= 4 is 41.0 Å². The number of aliphatic imine (C=N–C) groups is 1. The number of rotatable bonds is 7. The van der Waals surface area contributed by atoms with Gasteiger partial charge in [0.25, 0.3) is 0 Å². The lowest BCUT2D eigenvalue weighted by molar-refractivity contribution is 0.506. The van der Waals surface area contributed by atoms with E-state index in [1.165, 1.54) is 0 Å². The summed E-state index contributed by atoms with van der Waals surface area (Å²) in [5.74, 6) is 2.81. The number of nitrogens with zero attached hydrogens (tertiary/aromatic N) is 2. The van der Waals surface area contributed by atoms with Crippen molar-refractivity contribution in [2.45, 2.75) is 19.3 Å². The minimum Gasteiger partial charge on any atom is -0.469 e. The largest absolute Gasteiger partial charge is 0.469 e. The van der Waals surface area contributed by atoms with Crippen LogP contribution in [0.5, 0.6) is 0 Å². The van der Waals surface area contributed by atoms with Crippen molar-refractivity contribution in [3.05, 3.63) is 54.2 Å². The minimum absolute atomic E-state index is 0. The summed E-state index contributed by atoms with van der Waals surface area (Å²) in [6, 6.07) is 12.0. The first-order chi connectivity index (χ1) is 11.8. The number of nitrogens with one attached hydrogen (secondary N) is 3. The molecular formula is C18H24IN5O. The summed E-state index contributed by atoms with van der Waals surface area (Å²) in [4.78, 5) is 12.2. The molecule has 2 aromatic heterocycles. The van der Waals surface area contributed by atoms with Gasteiger partial charge in [0.15, 0.2) is 5.96 Å². The van der Waals surface area contributed by atoms with Gasteiger partial charge in [0.05, 0.1) is 17.3 Å². The number of aromatic nitrogens is 2. The molecule has 0 saturated carbocycles. The topological polar surface area (TPSA) is 78.2 Å². The predicted molar refractivity (Wildman–Crippen MR) is 112 cm³/mol. The van der Waals surface area contributed by atoms with Crippen molar-refractivity contribution in [3.8, 4) is 0 Å². The Morgan fingerprint density at radius 2 is 1.96 bits per heavy atom. The lowest BCUT2D eigenvalue weighted by Crippen LogP contribution is -2.38. The van der Waals surface area contributed by atoms with Crippen LogP contribution in [0.25, 0.3) is 11.0 Å². The molecule has 7 heteroatoms. The molecule has 0 atom stereocenters. The van der Waals surface area contributed by atoms with Gasteiger partial charge in [0.1, 0.15) is 11.6 Å². The van der Waals surface area contributed by atoms with Crippen molar-refractivity contribution in [2.24, 2.45) is 4.99 Å². The third-order valence-corrected chi connectivity index (χ3v) is 3.79. The van der Waals surface area contributed by atoms with Crippen LogP contribution in [0.2, 0.25) is 0 Å². The summed E-state index contributed by atoms with van der Waals surface area (Å²) in [7, 11) is 1.78. The summed E-state index contributed by atoms with van der Waals surface area (Å²) in [5.41, 5.74) is 2.12. The third-order valence-electron chi connectivity index (χ3n) is 3.79. The Balaban J connectivity index is 0.00000225. The molecule has 0 aliphatic heterocycles. The lowest BCUT2D eigenvalue weighted by Gasteiger charge is -2.10. The first-order valence-electron chi connectivity index (χ1n) is 8.25. The Kier molecular flexibility index (Phi) is 7.77. The number of halogens is 1. The number of hydrogen-bond acceptors (Lipinski definition) is 3. The molecule has 0 aliphatic rings. The second-order valence-electron chi connectivity index (χ2n) is 5.56. The Morgan fingerprint density at radius 3 is 2.72 bits per heavy atom. The molecule has 3 N–H and O–H groups in total. The van der Waals surface area contributed by atoms with Gasteiger partial charge in [0.2, 0.25) is 0 Å². The van der Waals surface area contributed by atoms with Gasteiger partial charge in [0, 0.05) is 33.0 Å². The number of hydrogen-bond donors (Lipinski definition) is 3. The number of imidazole rings is 1. The van der Waals surface area contributed by atoms with E-state index in [0.717, 1.165) is 60.9 Å². The predicted octanol–water partition coefficient (Wildman–Crippen LogP) is 3.11.